The van der Waals surface area contributed by atoms with Crippen molar-refractivity contribution < 1.29 is 14.3 Å². The molecule has 0 fully saturated rings. The van der Waals surface area contributed by atoms with Gasteiger partial charge in [-0.15, -0.1) is 0 Å². The number of carbonyl (C=O) groups is 1. The third-order valence-electron chi connectivity index (χ3n) is 7.14. The van der Waals surface area contributed by atoms with Gasteiger partial charge in [0.2, 0.25) is 0 Å². The first-order valence-corrected chi connectivity index (χ1v) is 16.8. The average Bonchev–Trinajstić information content (AvgIpc) is 3.38. The van der Waals surface area contributed by atoms with Crippen LogP contribution in [0, 0.1) is 0 Å². The smallest absolute Gasteiger partial charge is 0.350 e. The fourth-order valence-electron chi connectivity index (χ4n) is 4.70. The van der Waals surface area contributed by atoms with E-state index in [1.54, 1.807) is 6.20 Å². The molecule has 1 heterocycles. The predicted molar refractivity (Wildman–Crippen MR) is 160 cm³/mol. The number of thiazole rings is 1. The van der Waals surface area contributed by atoms with Crippen LogP contribution in [0.4, 0.5) is 0 Å². The van der Waals surface area contributed by atoms with E-state index in [1.165, 1.54) is 146 Å². The van der Waals surface area contributed by atoms with Crippen LogP contribution in [0.3, 0.4) is 0 Å². The van der Waals surface area contributed by atoms with Crippen molar-refractivity contribution in [1.29, 1.82) is 0 Å². The number of rotatable bonds is 28. The van der Waals surface area contributed by atoms with Gasteiger partial charge in [-0.05, 0) is 12.8 Å². The van der Waals surface area contributed by atoms with Crippen molar-refractivity contribution in [3.63, 3.8) is 0 Å². The maximum absolute atomic E-state index is 12.2. The molecule has 0 unspecified atom stereocenters. The first kappa shape index (κ1) is 33.9. The van der Waals surface area contributed by atoms with E-state index in [2.05, 4.69) is 18.8 Å². The fourth-order valence-corrected chi connectivity index (χ4v) is 5.38. The zero-order valence-corrected chi connectivity index (χ0v) is 25.4. The Balaban J connectivity index is 1.89. The van der Waals surface area contributed by atoms with Crippen molar-refractivity contribution in [2.24, 2.45) is 0 Å². The van der Waals surface area contributed by atoms with Crippen LogP contribution in [-0.2, 0) is 4.74 Å². The zero-order chi connectivity index (χ0) is 26.7. The Bertz CT molecular complexity index is 619. The van der Waals surface area contributed by atoms with E-state index in [0.717, 1.165) is 19.3 Å². The van der Waals surface area contributed by atoms with Crippen molar-refractivity contribution in [1.82, 2.24) is 4.98 Å². The van der Waals surface area contributed by atoms with E-state index >= 15 is 0 Å². The highest BCUT2D eigenvalue weighted by Gasteiger charge is 2.12. The van der Waals surface area contributed by atoms with Crippen LogP contribution in [0.15, 0.2) is 6.20 Å². The highest BCUT2D eigenvalue weighted by atomic mass is 32.1. The van der Waals surface area contributed by atoms with Crippen molar-refractivity contribution in [2.45, 2.75) is 168 Å². The molecule has 0 radical (unpaired) electrons. The maximum Gasteiger partial charge on any atom is 0.350 e. The van der Waals surface area contributed by atoms with Gasteiger partial charge in [-0.25, -0.2) is 9.78 Å². The lowest BCUT2D eigenvalue weighted by Gasteiger charge is -2.04. The van der Waals surface area contributed by atoms with Gasteiger partial charge in [-0.2, -0.15) is 0 Å². The molecule has 216 valence electrons. The van der Waals surface area contributed by atoms with E-state index in [0.29, 0.717) is 23.3 Å². The lowest BCUT2D eigenvalue weighted by atomic mass is 10.1. The predicted octanol–water partition coefficient (Wildman–Crippen LogP) is 11.1. The zero-order valence-electron chi connectivity index (χ0n) is 24.5. The van der Waals surface area contributed by atoms with Crippen molar-refractivity contribution >= 4 is 17.3 Å². The van der Waals surface area contributed by atoms with Crippen molar-refractivity contribution in [3.8, 4) is 5.19 Å². The second kappa shape index (κ2) is 26.5. The largest absolute Gasteiger partial charge is 0.470 e. The molecule has 0 aliphatic rings. The molecular weight excluding hydrogens is 478 g/mol. The average molecular weight is 538 g/mol. The number of nitrogens with zero attached hydrogens (tertiary/aromatic N) is 1. The Morgan fingerprint density at radius 2 is 0.973 bits per heavy atom. The highest BCUT2D eigenvalue weighted by molar-refractivity contribution is 7.15. The summed E-state index contributed by atoms with van der Waals surface area (Å²) in [6.45, 7) is 5.73. The van der Waals surface area contributed by atoms with Gasteiger partial charge in [0.15, 0.2) is 0 Å². The van der Waals surface area contributed by atoms with Crippen LogP contribution >= 0.6 is 11.3 Å². The molecule has 0 saturated heterocycles. The van der Waals surface area contributed by atoms with Crippen LogP contribution < -0.4 is 4.74 Å². The molecule has 1 rings (SSSR count). The summed E-state index contributed by atoms with van der Waals surface area (Å²) in [5.41, 5.74) is 0. The van der Waals surface area contributed by atoms with Gasteiger partial charge in [0.05, 0.1) is 19.4 Å². The summed E-state index contributed by atoms with van der Waals surface area (Å²) in [6, 6.07) is 0. The van der Waals surface area contributed by atoms with Crippen molar-refractivity contribution in [2.75, 3.05) is 13.2 Å². The van der Waals surface area contributed by atoms with Crippen LogP contribution in [-0.4, -0.2) is 24.2 Å². The molecular formula is C32H59NO3S. The van der Waals surface area contributed by atoms with Gasteiger partial charge < -0.3 is 9.47 Å². The summed E-state index contributed by atoms with van der Waals surface area (Å²) in [5.74, 6) is -0.263. The first-order chi connectivity index (χ1) is 18.3. The van der Waals surface area contributed by atoms with Gasteiger partial charge in [-0.3, -0.25) is 0 Å². The highest BCUT2D eigenvalue weighted by Crippen LogP contribution is 2.22. The molecule has 37 heavy (non-hydrogen) atoms. The Kier molecular flexibility index (Phi) is 24.3. The number of ether oxygens (including phenoxy) is 2. The maximum atomic E-state index is 12.2. The molecule has 0 aliphatic carbocycles. The number of unbranched alkanes of at least 4 members (excludes halogenated alkanes) is 22. The van der Waals surface area contributed by atoms with E-state index < -0.39 is 0 Å². The van der Waals surface area contributed by atoms with Crippen LogP contribution in [0.1, 0.15) is 178 Å². The normalized spacial score (nSPS) is 11.2. The number of hydrogen-bond donors (Lipinski definition) is 0. The van der Waals surface area contributed by atoms with Crippen LogP contribution in [0.5, 0.6) is 5.19 Å². The number of hydrogen-bond acceptors (Lipinski definition) is 5. The minimum absolute atomic E-state index is 0.263. The Morgan fingerprint density at radius 1 is 0.595 bits per heavy atom. The number of esters is 1. The molecule has 0 aliphatic heterocycles. The molecule has 0 saturated carbocycles. The van der Waals surface area contributed by atoms with Crippen molar-refractivity contribution in [3.05, 3.63) is 11.1 Å². The standard InChI is InChI=1S/C32H59NO3S/c1-3-5-7-9-11-13-15-17-19-21-23-25-27-35-31(34)30-29-33-32(37-30)36-28-26-24-22-20-18-16-14-12-10-8-6-4-2/h29H,3-28H2,1-2H3. The molecule has 1 aromatic heterocycles. The van der Waals surface area contributed by atoms with E-state index in [9.17, 15) is 4.79 Å². The monoisotopic (exact) mass is 537 g/mol. The van der Waals surface area contributed by atoms with Gasteiger partial charge in [0.1, 0.15) is 4.88 Å². The van der Waals surface area contributed by atoms with Gasteiger partial charge in [-0.1, -0.05) is 166 Å². The Morgan fingerprint density at radius 3 is 1.41 bits per heavy atom. The Labute approximate surface area is 233 Å². The molecule has 0 spiro atoms. The van der Waals surface area contributed by atoms with E-state index in [4.69, 9.17) is 9.47 Å². The van der Waals surface area contributed by atoms with Gasteiger partial charge in [0.25, 0.3) is 5.19 Å². The quantitative estimate of drug-likeness (QED) is 0.0787. The second-order valence-corrected chi connectivity index (χ2v) is 11.7. The van der Waals surface area contributed by atoms with Crippen LogP contribution in [0.25, 0.3) is 0 Å². The second-order valence-electron chi connectivity index (χ2n) is 10.8. The van der Waals surface area contributed by atoms with E-state index in [-0.39, 0.29) is 5.97 Å². The topological polar surface area (TPSA) is 48.4 Å². The van der Waals surface area contributed by atoms with Gasteiger partial charge >= 0.3 is 5.97 Å². The Hall–Kier alpha value is -1.10. The van der Waals surface area contributed by atoms with E-state index in [1.807, 2.05) is 0 Å². The molecule has 0 aromatic carbocycles. The number of aromatic nitrogens is 1. The third-order valence-corrected chi connectivity index (χ3v) is 8.03. The third kappa shape index (κ3) is 21.5. The molecule has 1 aromatic rings. The summed E-state index contributed by atoms with van der Waals surface area (Å²) < 4.78 is 11.2. The summed E-state index contributed by atoms with van der Waals surface area (Å²) >= 11 is 1.30. The minimum Gasteiger partial charge on any atom is -0.470 e. The fraction of sp³-hybridized carbons (Fsp3) is 0.875. The van der Waals surface area contributed by atoms with Gasteiger partial charge in [0, 0.05) is 0 Å². The molecule has 0 amide bonds. The lowest BCUT2D eigenvalue weighted by molar-refractivity contribution is 0.0503. The lowest BCUT2D eigenvalue weighted by Crippen LogP contribution is -2.04. The minimum atomic E-state index is -0.263. The van der Waals surface area contributed by atoms with Crippen LogP contribution in [0.2, 0.25) is 0 Å². The molecule has 5 heteroatoms. The number of carbonyl (C=O) groups excluding carboxylic acids is 1. The summed E-state index contributed by atoms with van der Waals surface area (Å²) in [6.07, 6.45) is 33.3. The molecule has 0 atom stereocenters. The summed E-state index contributed by atoms with van der Waals surface area (Å²) in [7, 11) is 0. The molecule has 0 bridgehead atoms. The summed E-state index contributed by atoms with van der Waals surface area (Å²) in [4.78, 5) is 17.0. The first-order valence-electron chi connectivity index (χ1n) is 16.0. The molecule has 4 nitrogen and oxygen atoms in total. The molecule has 0 N–H and O–H groups in total. The SMILES string of the molecule is CCCCCCCCCCCCCCOC(=O)c1cnc(OCCCCCCCCCCCCCC)s1. The summed E-state index contributed by atoms with van der Waals surface area (Å²) in [5, 5.41) is 0.584.